The van der Waals surface area contributed by atoms with E-state index in [1.807, 2.05) is 6.92 Å². The molecule has 0 aliphatic carbocycles. The number of anilines is 1. The van der Waals surface area contributed by atoms with Gasteiger partial charge in [-0.15, -0.1) is 0 Å². The van der Waals surface area contributed by atoms with Crippen molar-refractivity contribution in [1.82, 2.24) is 9.88 Å². The molecule has 9 heteroatoms. The minimum Gasteiger partial charge on any atom is -0.492 e. The third kappa shape index (κ3) is 4.55. The van der Waals surface area contributed by atoms with Gasteiger partial charge in [-0.25, -0.2) is 8.42 Å². The van der Waals surface area contributed by atoms with E-state index in [0.29, 0.717) is 38.7 Å². The van der Waals surface area contributed by atoms with E-state index in [-0.39, 0.29) is 22.1 Å². The molecule has 8 nitrogen and oxygen atoms in total. The Morgan fingerprint density at radius 2 is 2.00 bits per heavy atom. The zero-order valence-corrected chi connectivity index (χ0v) is 15.7. The molecular weight excluding hydrogens is 370 g/mol. The first-order valence-corrected chi connectivity index (χ1v) is 10.1. The first kappa shape index (κ1) is 19.1. The van der Waals surface area contributed by atoms with Gasteiger partial charge in [0, 0.05) is 19.2 Å². The predicted molar refractivity (Wildman–Crippen MR) is 99.4 cm³/mol. The minimum absolute atomic E-state index is 0.0803. The van der Waals surface area contributed by atoms with Crippen molar-refractivity contribution in [3.05, 3.63) is 48.3 Å². The molecule has 1 amide bonds. The number of hydrogen-bond acceptors (Lipinski definition) is 6. The number of amides is 1. The predicted octanol–water partition coefficient (Wildman–Crippen LogP) is 1.75. The van der Waals surface area contributed by atoms with Crippen LogP contribution in [0.2, 0.25) is 0 Å². The standard InChI is InChI=1S/C18H21N3O5S/c1-2-26-15-11-14(12-19-13-15)20-27(23,24)17-6-4-3-5-16(17)18(22)21-7-9-25-10-8-21/h3-6,11-13,20H,2,7-10H2,1H3. The first-order chi connectivity index (χ1) is 13.0. The molecule has 27 heavy (non-hydrogen) atoms. The number of nitrogens with one attached hydrogen (secondary N) is 1. The van der Waals surface area contributed by atoms with E-state index < -0.39 is 10.0 Å². The maximum absolute atomic E-state index is 12.9. The van der Waals surface area contributed by atoms with Crippen LogP contribution in [0.15, 0.2) is 47.6 Å². The quantitative estimate of drug-likeness (QED) is 0.806. The smallest absolute Gasteiger partial charge is 0.262 e. The van der Waals surface area contributed by atoms with Crippen LogP contribution in [-0.4, -0.2) is 57.1 Å². The molecule has 2 aromatic rings. The average Bonchev–Trinajstić information content (AvgIpc) is 2.68. The average molecular weight is 391 g/mol. The van der Waals surface area contributed by atoms with Gasteiger partial charge in [-0.05, 0) is 19.1 Å². The van der Waals surface area contributed by atoms with Crippen LogP contribution in [0.1, 0.15) is 17.3 Å². The molecule has 1 aromatic heterocycles. The maximum atomic E-state index is 12.9. The van der Waals surface area contributed by atoms with Gasteiger partial charge in [0.15, 0.2) is 0 Å². The second kappa shape index (κ2) is 8.36. The van der Waals surface area contributed by atoms with Gasteiger partial charge in [0.25, 0.3) is 15.9 Å². The molecule has 0 spiro atoms. The minimum atomic E-state index is -3.98. The number of aromatic nitrogens is 1. The highest BCUT2D eigenvalue weighted by atomic mass is 32.2. The van der Waals surface area contributed by atoms with Crippen molar-refractivity contribution in [2.45, 2.75) is 11.8 Å². The molecular formula is C18H21N3O5S. The van der Waals surface area contributed by atoms with Crippen LogP contribution < -0.4 is 9.46 Å². The Bertz CT molecular complexity index is 911. The molecule has 144 valence electrons. The zero-order valence-electron chi connectivity index (χ0n) is 14.9. The summed E-state index contributed by atoms with van der Waals surface area (Å²) >= 11 is 0. The van der Waals surface area contributed by atoms with Gasteiger partial charge in [-0.2, -0.15) is 0 Å². The zero-order chi connectivity index (χ0) is 19.3. The van der Waals surface area contributed by atoms with Crippen LogP contribution in [0.3, 0.4) is 0 Å². The summed E-state index contributed by atoms with van der Waals surface area (Å²) in [6.07, 6.45) is 2.88. The van der Waals surface area contributed by atoms with Gasteiger partial charge in [-0.3, -0.25) is 14.5 Å². The van der Waals surface area contributed by atoms with Crippen molar-refractivity contribution < 1.29 is 22.7 Å². The van der Waals surface area contributed by atoms with E-state index in [0.717, 1.165) is 0 Å². The number of carbonyl (C=O) groups excluding carboxylic acids is 1. The van der Waals surface area contributed by atoms with E-state index in [4.69, 9.17) is 9.47 Å². The number of ether oxygens (including phenoxy) is 2. The summed E-state index contributed by atoms with van der Waals surface area (Å²) in [5.74, 6) is 0.121. The van der Waals surface area contributed by atoms with Gasteiger partial charge in [0.1, 0.15) is 10.6 Å². The molecule has 1 aliphatic heterocycles. The summed E-state index contributed by atoms with van der Waals surface area (Å²) in [5, 5.41) is 0. The van der Waals surface area contributed by atoms with Gasteiger partial charge in [-0.1, -0.05) is 12.1 Å². The van der Waals surface area contributed by atoms with Gasteiger partial charge in [0.05, 0.1) is 43.5 Å². The molecule has 3 rings (SSSR count). The SMILES string of the molecule is CCOc1cncc(NS(=O)(=O)c2ccccc2C(=O)N2CCOCC2)c1. The molecule has 0 radical (unpaired) electrons. The van der Waals surface area contributed by atoms with E-state index in [1.165, 1.54) is 24.5 Å². The number of morpholine rings is 1. The Morgan fingerprint density at radius 3 is 2.74 bits per heavy atom. The van der Waals surface area contributed by atoms with Crippen molar-refractivity contribution in [3.8, 4) is 5.75 Å². The number of pyridine rings is 1. The first-order valence-electron chi connectivity index (χ1n) is 8.58. The molecule has 1 aromatic carbocycles. The monoisotopic (exact) mass is 391 g/mol. The third-order valence-electron chi connectivity index (χ3n) is 3.98. The number of benzene rings is 1. The maximum Gasteiger partial charge on any atom is 0.262 e. The Hall–Kier alpha value is -2.65. The second-order valence-electron chi connectivity index (χ2n) is 5.85. The molecule has 1 fully saturated rings. The van der Waals surface area contributed by atoms with Crippen LogP contribution >= 0.6 is 0 Å². The topological polar surface area (TPSA) is 97.8 Å². The van der Waals surface area contributed by atoms with Crippen molar-refractivity contribution in [1.29, 1.82) is 0 Å². The summed E-state index contributed by atoms with van der Waals surface area (Å²) in [6.45, 7) is 4.00. The highest BCUT2D eigenvalue weighted by Crippen LogP contribution is 2.23. The Labute approximate surface area is 158 Å². The molecule has 1 N–H and O–H groups in total. The number of sulfonamides is 1. The van der Waals surface area contributed by atoms with Crippen LogP contribution in [0.25, 0.3) is 0 Å². The van der Waals surface area contributed by atoms with Crippen LogP contribution in [0, 0.1) is 0 Å². The lowest BCUT2D eigenvalue weighted by Crippen LogP contribution is -2.41. The lowest BCUT2D eigenvalue weighted by molar-refractivity contribution is 0.0300. The normalized spacial score (nSPS) is 14.6. The molecule has 2 heterocycles. The van der Waals surface area contributed by atoms with Crippen molar-refractivity contribution in [2.24, 2.45) is 0 Å². The third-order valence-corrected chi connectivity index (χ3v) is 5.42. The fraction of sp³-hybridized carbons (Fsp3) is 0.333. The highest BCUT2D eigenvalue weighted by molar-refractivity contribution is 7.92. The van der Waals surface area contributed by atoms with Crippen molar-refractivity contribution in [3.63, 3.8) is 0 Å². The highest BCUT2D eigenvalue weighted by Gasteiger charge is 2.26. The molecule has 1 aliphatic rings. The fourth-order valence-corrected chi connectivity index (χ4v) is 3.98. The summed E-state index contributed by atoms with van der Waals surface area (Å²) in [7, 11) is -3.98. The molecule has 0 atom stereocenters. The van der Waals surface area contributed by atoms with Gasteiger partial charge < -0.3 is 14.4 Å². The fourth-order valence-electron chi connectivity index (χ4n) is 2.74. The lowest BCUT2D eigenvalue weighted by Gasteiger charge is -2.27. The van der Waals surface area contributed by atoms with Crippen LogP contribution in [-0.2, 0) is 14.8 Å². The largest absolute Gasteiger partial charge is 0.492 e. The molecule has 0 unspecified atom stereocenters. The van der Waals surface area contributed by atoms with Crippen LogP contribution in [0.4, 0.5) is 5.69 Å². The van der Waals surface area contributed by atoms with E-state index in [2.05, 4.69) is 9.71 Å². The molecule has 0 saturated carbocycles. The Morgan fingerprint density at radius 1 is 1.26 bits per heavy atom. The summed E-state index contributed by atoms with van der Waals surface area (Å²) in [5.41, 5.74) is 0.385. The molecule has 1 saturated heterocycles. The summed E-state index contributed by atoms with van der Waals surface area (Å²) in [6, 6.07) is 7.70. The van der Waals surface area contributed by atoms with Crippen molar-refractivity contribution in [2.75, 3.05) is 37.6 Å². The summed E-state index contributed by atoms with van der Waals surface area (Å²) < 4.78 is 38.9. The number of nitrogens with zero attached hydrogens (tertiary/aromatic N) is 2. The Kier molecular flexibility index (Phi) is 5.92. The van der Waals surface area contributed by atoms with Crippen molar-refractivity contribution >= 4 is 21.6 Å². The summed E-state index contributed by atoms with van der Waals surface area (Å²) in [4.78, 5) is 18.3. The number of rotatable bonds is 6. The van der Waals surface area contributed by atoms with Gasteiger partial charge >= 0.3 is 0 Å². The second-order valence-corrected chi connectivity index (χ2v) is 7.50. The van der Waals surface area contributed by atoms with Crippen LogP contribution in [0.5, 0.6) is 5.75 Å². The van der Waals surface area contributed by atoms with Gasteiger partial charge in [0.2, 0.25) is 0 Å². The van der Waals surface area contributed by atoms with E-state index >= 15 is 0 Å². The lowest BCUT2D eigenvalue weighted by atomic mass is 10.2. The number of hydrogen-bond donors (Lipinski definition) is 1. The van der Waals surface area contributed by atoms with E-state index in [1.54, 1.807) is 23.1 Å². The Balaban J connectivity index is 1.88. The van der Waals surface area contributed by atoms with E-state index in [9.17, 15) is 13.2 Å². The molecule has 0 bridgehead atoms. The number of carbonyl (C=O) groups is 1.